The van der Waals surface area contributed by atoms with E-state index in [2.05, 4.69) is 9.97 Å². The third kappa shape index (κ3) is 5.18. The van der Waals surface area contributed by atoms with Gasteiger partial charge in [-0.15, -0.1) is 10.1 Å². The summed E-state index contributed by atoms with van der Waals surface area (Å²) in [7, 11) is 0. The first-order valence-corrected chi connectivity index (χ1v) is 3.05. The van der Waals surface area contributed by atoms with Crippen molar-refractivity contribution in [1.82, 2.24) is 9.97 Å². The molecule has 1 rings (SSSR count). The molecule has 1 heterocycles. The Morgan fingerprint density at radius 1 is 1.54 bits per heavy atom. The van der Waals surface area contributed by atoms with Gasteiger partial charge in [0.1, 0.15) is 0 Å². The summed E-state index contributed by atoms with van der Waals surface area (Å²) in [5, 5.41) is 13.6. The van der Waals surface area contributed by atoms with E-state index in [-0.39, 0.29) is 5.56 Å². The summed E-state index contributed by atoms with van der Waals surface area (Å²) in [6.45, 7) is 1.62. The van der Waals surface area contributed by atoms with Gasteiger partial charge in [0.15, 0.2) is 0 Å². The monoisotopic (exact) mass is 189 g/mol. The molecule has 0 saturated heterocycles. The standard InChI is InChI=1S/C5H6N2O2.HNO3/c1-3-2-6-5(9)7-4(3)8;2-1(3)4/h2H,1H3,(H2,6,7,8,9);(H,2,3,4). The lowest BCUT2D eigenvalue weighted by Crippen LogP contribution is -2.22. The molecule has 1 aromatic heterocycles. The Balaban J connectivity index is 0.000000310. The summed E-state index contributed by atoms with van der Waals surface area (Å²) in [5.41, 5.74) is -0.293. The van der Waals surface area contributed by atoms with Crippen LogP contribution in [0.1, 0.15) is 5.56 Å². The van der Waals surface area contributed by atoms with Crippen molar-refractivity contribution in [3.63, 3.8) is 0 Å². The SMILES string of the molecule is Cc1c[nH]c(=O)[nH]c1=O.O=[N+]([O-])O. The maximum absolute atomic E-state index is 10.6. The Morgan fingerprint density at radius 2 is 2.00 bits per heavy atom. The summed E-state index contributed by atoms with van der Waals surface area (Å²) in [6, 6.07) is 0. The minimum atomic E-state index is -1.50. The number of rotatable bonds is 0. The lowest BCUT2D eigenvalue weighted by Gasteiger charge is -1.84. The van der Waals surface area contributed by atoms with Crippen LogP contribution in [-0.2, 0) is 0 Å². The van der Waals surface area contributed by atoms with Crippen molar-refractivity contribution >= 4 is 0 Å². The van der Waals surface area contributed by atoms with Gasteiger partial charge in [-0.3, -0.25) is 9.78 Å². The minimum absolute atomic E-state index is 0.334. The minimum Gasteiger partial charge on any atom is -0.328 e. The molecule has 0 atom stereocenters. The van der Waals surface area contributed by atoms with Gasteiger partial charge in [0.05, 0.1) is 0 Å². The third-order valence-electron chi connectivity index (χ3n) is 1.00. The van der Waals surface area contributed by atoms with Crippen molar-refractivity contribution in [1.29, 1.82) is 0 Å². The Bertz CT molecular complexity index is 388. The van der Waals surface area contributed by atoms with Gasteiger partial charge in [0.2, 0.25) is 0 Å². The van der Waals surface area contributed by atoms with Gasteiger partial charge in [-0.1, -0.05) is 0 Å². The average Bonchev–Trinajstić information content (AvgIpc) is 1.96. The summed E-state index contributed by atoms with van der Waals surface area (Å²) in [5.74, 6) is 0. The largest absolute Gasteiger partial charge is 0.328 e. The van der Waals surface area contributed by atoms with Crippen LogP contribution >= 0.6 is 0 Å². The van der Waals surface area contributed by atoms with Gasteiger partial charge in [-0.05, 0) is 6.92 Å². The topological polar surface area (TPSA) is 129 Å². The number of nitrogens with one attached hydrogen (secondary N) is 2. The molecule has 0 unspecified atom stereocenters. The zero-order valence-electron chi connectivity index (χ0n) is 6.60. The van der Waals surface area contributed by atoms with Gasteiger partial charge in [-0.2, -0.15) is 0 Å². The van der Waals surface area contributed by atoms with Crippen LogP contribution in [0.25, 0.3) is 0 Å². The van der Waals surface area contributed by atoms with Crippen LogP contribution in [0.15, 0.2) is 15.8 Å². The van der Waals surface area contributed by atoms with Gasteiger partial charge >= 0.3 is 5.69 Å². The fraction of sp³-hybridized carbons (Fsp3) is 0.200. The highest BCUT2D eigenvalue weighted by Crippen LogP contribution is 1.73. The van der Waals surface area contributed by atoms with Gasteiger partial charge in [0, 0.05) is 11.8 Å². The molecule has 0 amide bonds. The quantitative estimate of drug-likeness (QED) is 0.357. The average molecular weight is 189 g/mol. The summed E-state index contributed by atoms with van der Waals surface area (Å²) >= 11 is 0. The molecule has 8 nitrogen and oxygen atoms in total. The second-order valence-corrected chi connectivity index (χ2v) is 1.99. The van der Waals surface area contributed by atoms with Crippen molar-refractivity contribution in [2.45, 2.75) is 6.92 Å². The van der Waals surface area contributed by atoms with Crippen LogP contribution in [0, 0.1) is 17.0 Å². The van der Waals surface area contributed by atoms with Crippen LogP contribution < -0.4 is 11.2 Å². The molecule has 0 radical (unpaired) electrons. The summed E-state index contributed by atoms with van der Waals surface area (Å²) < 4.78 is 0. The van der Waals surface area contributed by atoms with E-state index in [1.165, 1.54) is 6.20 Å². The smallest absolute Gasteiger partial charge is 0.325 e. The number of hydrogen-bond acceptors (Lipinski definition) is 4. The molecule has 0 bridgehead atoms. The number of H-pyrrole nitrogens is 2. The highest BCUT2D eigenvalue weighted by molar-refractivity contribution is 4.98. The predicted octanol–water partition coefficient (Wildman–Crippen LogP) is -0.976. The van der Waals surface area contributed by atoms with Crippen LogP contribution in [0.5, 0.6) is 0 Å². The van der Waals surface area contributed by atoms with Crippen molar-refractivity contribution in [2.75, 3.05) is 0 Å². The van der Waals surface area contributed by atoms with Crippen molar-refractivity contribution < 1.29 is 10.3 Å². The Hall–Kier alpha value is -2.12. The molecule has 72 valence electrons. The number of aromatic amines is 2. The first-order valence-electron chi connectivity index (χ1n) is 3.05. The molecule has 0 aliphatic heterocycles. The predicted molar refractivity (Wildman–Crippen MR) is 41.2 cm³/mol. The fourth-order valence-electron chi connectivity index (χ4n) is 0.477. The lowest BCUT2D eigenvalue weighted by atomic mass is 10.4. The second kappa shape index (κ2) is 4.70. The molecule has 1 aromatic rings. The van der Waals surface area contributed by atoms with E-state index in [1.54, 1.807) is 6.92 Å². The van der Waals surface area contributed by atoms with Crippen LogP contribution in [0.4, 0.5) is 0 Å². The van der Waals surface area contributed by atoms with E-state index in [4.69, 9.17) is 15.3 Å². The number of nitrogens with zero attached hydrogens (tertiary/aromatic N) is 1. The Morgan fingerprint density at radius 3 is 2.31 bits per heavy atom. The van der Waals surface area contributed by atoms with Gasteiger partial charge < -0.3 is 10.2 Å². The second-order valence-electron chi connectivity index (χ2n) is 1.99. The first kappa shape index (κ1) is 10.9. The zero-order valence-corrected chi connectivity index (χ0v) is 6.60. The van der Waals surface area contributed by atoms with Gasteiger partial charge in [-0.25, -0.2) is 4.79 Å². The fourth-order valence-corrected chi connectivity index (χ4v) is 0.477. The number of hydrogen-bond donors (Lipinski definition) is 3. The van der Waals surface area contributed by atoms with Crippen LogP contribution in [0.2, 0.25) is 0 Å². The maximum atomic E-state index is 10.6. The van der Waals surface area contributed by atoms with E-state index in [0.717, 1.165) is 0 Å². The molecule has 0 aliphatic rings. The van der Waals surface area contributed by atoms with E-state index in [1.807, 2.05) is 0 Å². The van der Waals surface area contributed by atoms with E-state index < -0.39 is 10.8 Å². The number of aryl methyl sites for hydroxylation is 1. The molecule has 0 aromatic carbocycles. The summed E-state index contributed by atoms with van der Waals surface area (Å²) in [6.07, 6.45) is 1.38. The first-order chi connectivity index (χ1) is 5.93. The normalized spacial score (nSPS) is 8.38. The Labute approximate surface area is 71.0 Å². The molecule has 0 saturated carbocycles. The highest BCUT2D eigenvalue weighted by Gasteiger charge is 1.88. The van der Waals surface area contributed by atoms with Crippen LogP contribution in [0.3, 0.4) is 0 Å². The Kier molecular flexibility index (Phi) is 3.93. The molecule has 13 heavy (non-hydrogen) atoms. The molecule has 0 spiro atoms. The lowest BCUT2D eigenvalue weighted by molar-refractivity contribution is -0.742. The molecular weight excluding hydrogens is 182 g/mol. The molecule has 3 N–H and O–H groups in total. The molecule has 0 fully saturated rings. The third-order valence-corrected chi connectivity index (χ3v) is 1.00. The number of aromatic nitrogens is 2. The van der Waals surface area contributed by atoms with Crippen molar-refractivity contribution in [3.05, 3.63) is 42.7 Å². The maximum Gasteiger partial charge on any atom is 0.325 e. The van der Waals surface area contributed by atoms with Crippen molar-refractivity contribution in [2.24, 2.45) is 0 Å². The molecular formula is C5H7N3O5. The molecule has 0 aliphatic carbocycles. The van der Waals surface area contributed by atoms with Gasteiger partial charge in [0.25, 0.3) is 10.6 Å². The highest BCUT2D eigenvalue weighted by atomic mass is 16.9. The van der Waals surface area contributed by atoms with Crippen molar-refractivity contribution in [3.8, 4) is 0 Å². The van der Waals surface area contributed by atoms with E-state index in [9.17, 15) is 9.59 Å². The molecule has 8 heteroatoms. The summed E-state index contributed by atoms with van der Waals surface area (Å²) in [4.78, 5) is 33.7. The van der Waals surface area contributed by atoms with E-state index >= 15 is 0 Å². The zero-order chi connectivity index (χ0) is 10.4. The van der Waals surface area contributed by atoms with Crippen LogP contribution in [-0.4, -0.2) is 20.3 Å². The van der Waals surface area contributed by atoms with E-state index in [0.29, 0.717) is 5.56 Å².